The van der Waals surface area contributed by atoms with Gasteiger partial charge in [-0.05, 0) is 30.5 Å². The van der Waals surface area contributed by atoms with E-state index in [0.29, 0.717) is 6.61 Å². The van der Waals surface area contributed by atoms with Crippen molar-refractivity contribution >= 4 is 5.69 Å². The molecule has 2 N–H and O–H groups in total. The number of nitrogen functional groups attached to an aromatic ring is 1. The third-order valence-electron chi connectivity index (χ3n) is 2.97. The first-order valence-corrected chi connectivity index (χ1v) is 6.28. The van der Waals surface area contributed by atoms with Gasteiger partial charge in [-0.2, -0.15) is 0 Å². The van der Waals surface area contributed by atoms with Crippen molar-refractivity contribution in [2.45, 2.75) is 20.5 Å². The van der Waals surface area contributed by atoms with Crippen LogP contribution < -0.4 is 10.5 Å². The van der Waals surface area contributed by atoms with E-state index >= 15 is 0 Å². The maximum Gasteiger partial charge on any atom is 0.189 e. The number of hydrogen-bond acceptors (Lipinski definition) is 3. The van der Waals surface area contributed by atoms with Gasteiger partial charge in [-0.3, -0.25) is 0 Å². The molecule has 0 amide bonds. The normalized spacial score (nSPS) is 10.4. The summed E-state index contributed by atoms with van der Waals surface area (Å²) >= 11 is 0. The lowest BCUT2D eigenvalue weighted by Gasteiger charge is -2.11. The Morgan fingerprint density at radius 1 is 1.00 bits per heavy atom. The highest BCUT2D eigenvalue weighted by molar-refractivity contribution is 5.54. The molecule has 0 aliphatic carbocycles. The molecule has 0 saturated heterocycles. The van der Waals surface area contributed by atoms with Crippen molar-refractivity contribution in [1.82, 2.24) is 0 Å². The maximum atomic E-state index is 5.86. The second kappa shape index (κ2) is 6.25. The summed E-state index contributed by atoms with van der Waals surface area (Å²) in [6.45, 7) is 4.75. The van der Waals surface area contributed by atoms with Crippen molar-refractivity contribution < 1.29 is 9.47 Å². The summed E-state index contributed by atoms with van der Waals surface area (Å²) in [6, 6.07) is 13.9. The first-order chi connectivity index (χ1) is 9.16. The number of aryl methyl sites for hydroxylation is 2. The Morgan fingerprint density at radius 3 is 2.47 bits per heavy atom. The lowest BCUT2D eigenvalue weighted by atomic mass is 10.1. The van der Waals surface area contributed by atoms with Gasteiger partial charge >= 0.3 is 0 Å². The van der Waals surface area contributed by atoms with E-state index in [1.807, 2.05) is 56.3 Å². The zero-order chi connectivity index (χ0) is 13.7. The minimum Gasteiger partial charge on any atom is -0.467 e. The summed E-state index contributed by atoms with van der Waals surface area (Å²) in [7, 11) is 0. The monoisotopic (exact) mass is 257 g/mol. The van der Waals surface area contributed by atoms with Crippen LogP contribution in [0, 0.1) is 13.8 Å². The summed E-state index contributed by atoms with van der Waals surface area (Å²) in [5.41, 5.74) is 9.86. The standard InChI is InChI=1S/C16H19NO2/c1-12-8-13(2)16(9-15(12)17)19-11-18-10-14-6-4-3-5-7-14/h3-9H,10-11,17H2,1-2H3. The molecule has 0 aromatic heterocycles. The first kappa shape index (κ1) is 13.4. The summed E-state index contributed by atoms with van der Waals surface area (Å²) in [4.78, 5) is 0. The van der Waals surface area contributed by atoms with E-state index in [1.54, 1.807) is 0 Å². The van der Waals surface area contributed by atoms with Crippen LogP contribution >= 0.6 is 0 Å². The van der Waals surface area contributed by atoms with Crippen LogP contribution in [-0.4, -0.2) is 6.79 Å². The van der Waals surface area contributed by atoms with Crippen molar-refractivity contribution in [2.75, 3.05) is 12.5 Å². The molecule has 0 unspecified atom stereocenters. The van der Waals surface area contributed by atoms with E-state index in [-0.39, 0.29) is 6.79 Å². The fourth-order valence-electron chi connectivity index (χ4n) is 1.84. The number of ether oxygens (including phenoxy) is 2. The number of hydrogen-bond donors (Lipinski definition) is 1. The Hall–Kier alpha value is -2.00. The average Bonchev–Trinajstić information content (AvgIpc) is 2.41. The molecule has 0 bridgehead atoms. The molecule has 100 valence electrons. The Labute approximate surface area is 114 Å². The minimum atomic E-state index is 0.220. The van der Waals surface area contributed by atoms with E-state index in [1.165, 1.54) is 0 Å². The van der Waals surface area contributed by atoms with Gasteiger partial charge in [0, 0.05) is 11.8 Å². The van der Waals surface area contributed by atoms with Crippen molar-refractivity contribution in [2.24, 2.45) is 0 Å². The molecule has 0 spiro atoms. The molecule has 2 aromatic rings. The van der Waals surface area contributed by atoms with E-state index in [2.05, 4.69) is 0 Å². The molecule has 0 saturated carbocycles. The number of rotatable bonds is 5. The Morgan fingerprint density at radius 2 is 1.74 bits per heavy atom. The molecule has 2 rings (SSSR count). The molecular formula is C16H19NO2. The van der Waals surface area contributed by atoms with Crippen LogP contribution in [0.2, 0.25) is 0 Å². The maximum absolute atomic E-state index is 5.86. The van der Waals surface area contributed by atoms with Gasteiger partial charge in [0.1, 0.15) is 5.75 Å². The SMILES string of the molecule is Cc1cc(C)c(OCOCc2ccccc2)cc1N. The topological polar surface area (TPSA) is 44.5 Å². The van der Waals surface area contributed by atoms with Crippen molar-refractivity contribution in [3.8, 4) is 5.75 Å². The lowest BCUT2D eigenvalue weighted by Crippen LogP contribution is -2.04. The molecule has 0 aliphatic heterocycles. The largest absolute Gasteiger partial charge is 0.467 e. The number of nitrogens with two attached hydrogens (primary N) is 1. The summed E-state index contributed by atoms with van der Waals surface area (Å²) < 4.78 is 11.1. The van der Waals surface area contributed by atoms with E-state index in [0.717, 1.165) is 28.1 Å². The van der Waals surface area contributed by atoms with E-state index in [4.69, 9.17) is 15.2 Å². The van der Waals surface area contributed by atoms with Crippen LogP contribution in [0.3, 0.4) is 0 Å². The van der Waals surface area contributed by atoms with Crippen LogP contribution in [0.25, 0.3) is 0 Å². The van der Waals surface area contributed by atoms with Crippen LogP contribution in [0.4, 0.5) is 5.69 Å². The summed E-state index contributed by atoms with van der Waals surface area (Å²) in [5.74, 6) is 0.774. The van der Waals surface area contributed by atoms with Gasteiger partial charge < -0.3 is 15.2 Å². The Balaban J connectivity index is 1.85. The zero-order valence-electron chi connectivity index (χ0n) is 11.3. The van der Waals surface area contributed by atoms with Gasteiger partial charge in [-0.15, -0.1) is 0 Å². The van der Waals surface area contributed by atoms with Crippen molar-refractivity contribution in [3.05, 3.63) is 59.2 Å². The number of anilines is 1. The Kier molecular flexibility index (Phi) is 4.42. The summed E-state index contributed by atoms with van der Waals surface area (Å²) in [6.07, 6.45) is 0. The third kappa shape index (κ3) is 3.73. The van der Waals surface area contributed by atoms with Crippen LogP contribution in [0.1, 0.15) is 16.7 Å². The van der Waals surface area contributed by atoms with Crippen LogP contribution in [0.15, 0.2) is 42.5 Å². The predicted molar refractivity (Wildman–Crippen MR) is 77.1 cm³/mol. The van der Waals surface area contributed by atoms with Crippen molar-refractivity contribution in [1.29, 1.82) is 0 Å². The van der Waals surface area contributed by atoms with Gasteiger partial charge in [-0.25, -0.2) is 0 Å². The van der Waals surface area contributed by atoms with Gasteiger partial charge in [-0.1, -0.05) is 36.4 Å². The molecule has 0 heterocycles. The molecule has 0 fully saturated rings. The van der Waals surface area contributed by atoms with Crippen LogP contribution in [-0.2, 0) is 11.3 Å². The molecule has 0 aliphatic rings. The summed E-state index contributed by atoms with van der Waals surface area (Å²) in [5, 5.41) is 0. The zero-order valence-corrected chi connectivity index (χ0v) is 11.3. The first-order valence-electron chi connectivity index (χ1n) is 6.28. The third-order valence-corrected chi connectivity index (χ3v) is 2.97. The van der Waals surface area contributed by atoms with Gasteiger partial charge in [0.25, 0.3) is 0 Å². The highest BCUT2D eigenvalue weighted by Gasteiger charge is 2.03. The number of benzene rings is 2. The molecular weight excluding hydrogens is 238 g/mol. The van der Waals surface area contributed by atoms with E-state index < -0.39 is 0 Å². The Bertz CT molecular complexity index is 538. The predicted octanol–water partition coefficient (Wildman–Crippen LogP) is 3.44. The van der Waals surface area contributed by atoms with Crippen molar-refractivity contribution in [3.63, 3.8) is 0 Å². The highest BCUT2D eigenvalue weighted by Crippen LogP contribution is 2.24. The van der Waals surface area contributed by atoms with E-state index in [9.17, 15) is 0 Å². The fourth-order valence-corrected chi connectivity index (χ4v) is 1.84. The second-order valence-corrected chi connectivity index (χ2v) is 4.57. The van der Waals surface area contributed by atoms with Gasteiger partial charge in [0.2, 0.25) is 0 Å². The second-order valence-electron chi connectivity index (χ2n) is 4.57. The molecule has 3 heteroatoms. The van der Waals surface area contributed by atoms with Crippen LogP contribution in [0.5, 0.6) is 5.75 Å². The smallest absolute Gasteiger partial charge is 0.189 e. The molecule has 3 nitrogen and oxygen atoms in total. The van der Waals surface area contributed by atoms with Gasteiger partial charge in [0.05, 0.1) is 6.61 Å². The quantitative estimate of drug-likeness (QED) is 0.507. The molecule has 2 aromatic carbocycles. The molecule has 19 heavy (non-hydrogen) atoms. The molecule has 0 radical (unpaired) electrons. The average molecular weight is 257 g/mol. The fraction of sp³-hybridized carbons (Fsp3) is 0.250. The minimum absolute atomic E-state index is 0.220. The highest BCUT2D eigenvalue weighted by atomic mass is 16.7. The lowest BCUT2D eigenvalue weighted by molar-refractivity contribution is 0.00471. The molecule has 0 atom stereocenters. The van der Waals surface area contributed by atoms with Gasteiger partial charge in [0.15, 0.2) is 6.79 Å².